The van der Waals surface area contributed by atoms with Crippen molar-refractivity contribution in [2.75, 3.05) is 19.6 Å². The molecular formula is C17H23N3S. The molecule has 3 nitrogen and oxygen atoms in total. The van der Waals surface area contributed by atoms with E-state index in [4.69, 9.17) is 0 Å². The lowest BCUT2D eigenvalue weighted by atomic mass is 9.89. The lowest BCUT2D eigenvalue weighted by Gasteiger charge is -2.44. The zero-order valence-corrected chi connectivity index (χ0v) is 13.8. The molecular weight excluding hydrogens is 278 g/mol. The summed E-state index contributed by atoms with van der Waals surface area (Å²) >= 11 is 1.81. The smallest absolute Gasteiger partial charge is 0.110 e. The lowest BCUT2D eigenvalue weighted by Crippen LogP contribution is -2.57. The summed E-state index contributed by atoms with van der Waals surface area (Å²) < 4.78 is 0. The standard InChI is InChI=1S/C17H23N3S/c1-13-11-18-16(21-13)14(2)20-10-9-19-17(3,12-20)15-7-5-4-6-8-15/h4-8,11,14,19H,9-10,12H2,1-3H3. The van der Waals surface area contributed by atoms with Crippen LogP contribution in [0.2, 0.25) is 0 Å². The van der Waals surface area contributed by atoms with E-state index in [1.54, 1.807) is 0 Å². The predicted molar refractivity (Wildman–Crippen MR) is 88.6 cm³/mol. The van der Waals surface area contributed by atoms with Crippen molar-refractivity contribution in [2.24, 2.45) is 0 Å². The van der Waals surface area contributed by atoms with Crippen LogP contribution in [0.5, 0.6) is 0 Å². The molecule has 1 aliphatic rings. The first-order chi connectivity index (χ1) is 10.1. The molecule has 0 aliphatic carbocycles. The average molecular weight is 301 g/mol. The van der Waals surface area contributed by atoms with Gasteiger partial charge in [0, 0.05) is 30.7 Å². The second kappa shape index (κ2) is 5.87. The highest BCUT2D eigenvalue weighted by atomic mass is 32.1. The van der Waals surface area contributed by atoms with Gasteiger partial charge in [0.15, 0.2) is 0 Å². The third kappa shape index (κ3) is 3.03. The van der Waals surface area contributed by atoms with Crippen LogP contribution in [0.1, 0.15) is 35.3 Å². The molecule has 2 unspecified atom stereocenters. The maximum Gasteiger partial charge on any atom is 0.110 e. The normalized spacial score (nSPS) is 24.9. The fourth-order valence-corrected chi connectivity index (χ4v) is 3.93. The van der Waals surface area contributed by atoms with Crippen LogP contribution in [0.25, 0.3) is 0 Å². The van der Waals surface area contributed by atoms with Crippen LogP contribution >= 0.6 is 11.3 Å². The summed E-state index contributed by atoms with van der Waals surface area (Å²) in [5.41, 5.74) is 1.37. The molecule has 3 rings (SSSR count). The number of thiazole rings is 1. The molecule has 21 heavy (non-hydrogen) atoms. The summed E-state index contributed by atoms with van der Waals surface area (Å²) in [5, 5.41) is 4.92. The van der Waals surface area contributed by atoms with E-state index in [1.165, 1.54) is 15.4 Å². The minimum Gasteiger partial charge on any atom is -0.305 e. The molecule has 1 aliphatic heterocycles. The Kier molecular flexibility index (Phi) is 4.11. The Bertz CT molecular complexity index is 595. The average Bonchev–Trinajstić information content (AvgIpc) is 2.94. The van der Waals surface area contributed by atoms with Crippen molar-refractivity contribution in [1.29, 1.82) is 0 Å². The molecule has 0 saturated carbocycles. The summed E-state index contributed by atoms with van der Waals surface area (Å²) in [4.78, 5) is 8.40. The van der Waals surface area contributed by atoms with Gasteiger partial charge in [-0.1, -0.05) is 30.3 Å². The van der Waals surface area contributed by atoms with Gasteiger partial charge in [-0.3, -0.25) is 4.90 Å². The molecule has 1 fully saturated rings. The fourth-order valence-electron chi connectivity index (χ4n) is 3.07. The van der Waals surface area contributed by atoms with E-state index in [1.807, 2.05) is 17.5 Å². The minimum atomic E-state index is 0.0140. The van der Waals surface area contributed by atoms with E-state index in [0.29, 0.717) is 6.04 Å². The second-order valence-electron chi connectivity index (χ2n) is 6.08. The van der Waals surface area contributed by atoms with Crippen LogP contribution in [0.15, 0.2) is 36.5 Å². The van der Waals surface area contributed by atoms with Crippen molar-refractivity contribution < 1.29 is 0 Å². The topological polar surface area (TPSA) is 28.2 Å². The quantitative estimate of drug-likeness (QED) is 0.942. The molecule has 0 radical (unpaired) electrons. The molecule has 0 spiro atoms. The zero-order valence-electron chi connectivity index (χ0n) is 13.0. The highest BCUT2D eigenvalue weighted by Gasteiger charge is 2.34. The first-order valence-corrected chi connectivity index (χ1v) is 8.37. The number of piperazine rings is 1. The van der Waals surface area contributed by atoms with Crippen LogP contribution in [0, 0.1) is 6.92 Å². The van der Waals surface area contributed by atoms with Gasteiger partial charge in [0.1, 0.15) is 5.01 Å². The van der Waals surface area contributed by atoms with Crippen molar-refractivity contribution in [3.63, 3.8) is 0 Å². The van der Waals surface area contributed by atoms with Gasteiger partial charge >= 0.3 is 0 Å². The number of nitrogens with one attached hydrogen (secondary N) is 1. The minimum absolute atomic E-state index is 0.0140. The van der Waals surface area contributed by atoms with Gasteiger partial charge in [-0.05, 0) is 26.3 Å². The number of hydrogen-bond donors (Lipinski definition) is 1. The number of rotatable bonds is 3. The summed E-state index contributed by atoms with van der Waals surface area (Å²) in [5.74, 6) is 0. The third-order valence-corrected chi connectivity index (χ3v) is 5.47. The van der Waals surface area contributed by atoms with Crippen molar-refractivity contribution >= 4 is 11.3 Å². The molecule has 1 aromatic carbocycles. The van der Waals surface area contributed by atoms with Gasteiger partial charge in [-0.15, -0.1) is 11.3 Å². The summed E-state index contributed by atoms with van der Waals surface area (Å²) in [6, 6.07) is 11.1. The van der Waals surface area contributed by atoms with E-state index < -0.39 is 0 Å². The van der Waals surface area contributed by atoms with E-state index in [0.717, 1.165) is 19.6 Å². The molecule has 2 heterocycles. The van der Waals surface area contributed by atoms with E-state index in [2.05, 4.69) is 66.3 Å². The number of aryl methyl sites for hydroxylation is 1. The van der Waals surface area contributed by atoms with Crippen molar-refractivity contribution in [2.45, 2.75) is 32.4 Å². The Hall–Kier alpha value is -1.23. The molecule has 1 saturated heterocycles. The van der Waals surface area contributed by atoms with Crippen molar-refractivity contribution in [3.8, 4) is 0 Å². The molecule has 4 heteroatoms. The summed E-state index contributed by atoms with van der Waals surface area (Å²) in [6.45, 7) is 9.79. The molecule has 0 bridgehead atoms. The molecule has 2 atom stereocenters. The van der Waals surface area contributed by atoms with Gasteiger partial charge < -0.3 is 5.32 Å². The number of benzene rings is 1. The predicted octanol–water partition coefficient (Wildman–Crippen LogP) is 3.33. The van der Waals surface area contributed by atoms with Gasteiger partial charge in [0.05, 0.1) is 11.6 Å². The molecule has 2 aromatic rings. The van der Waals surface area contributed by atoms with Gasteiger partial charge in [-0.25, -0.2) is 4.98 Å². The van der Waals surface area contributed by atoms with Crippen LogP contribution in [0.3, 0.4) is 0 Å². The second-order valence-corrected chi connectivity index (χ2v) is 7.35. The monoisotopic (exact) mass is 301 g/mol. The molecule has 1 aromatic heterocycles. The van der Waals surface area contributed by atoms with Crippen LogP contribution < -0.4 is 5.32 Å². The molecule has 112 valence electrons. The Balaban J connectivity index is 1.79. The van der Waals surface area contributed by atoms with E-state index >= 15 is 0 Å². The number of hydrogen-bond acceptors (Lipinski definition) is 4. The number of aromatic nitrogens is 1. The highest BCUT2D eigenvalue weighted by Crippen LogP contribution is 2.31. The Morgan fingerprint density at radius 3 is 2.76 bits per heavy atom. The zero-order chi connectivity index (χ0) is 14.9. The van der Waals surface area contributed by atoms with Crippen LogP contribution in [0.4, 0.5) is 0 Å². The van der Waals surface area contributed by atoms with E-state index in [9.17, 15) is 0 Å². The Labute approximate surface area is 131 Å². The van der Waals surface area contributed by atoms with Crippen LogP contribution in [-0.2, 0) is 5.54 Å². The Morgan fingerprint density at radius 1 is 1.33 bits per heavy atom. The third-order valence-electron chi connectivity index (χ3n) is 4.39. The SMILES string of the molecule is Cc1cnc(C(C)N2CCNC(C)(c3ccccc3)C2)s1. The maximum atomic E-state index is 4.57. The van der Waals surface area contributed by atoms with Gasteiger partial charge in [-0.2, -0.15) is 0 Å². The van der Waals surface area contributed by atoms with Crippen molar-refractivity contribution in [3.05, 3.63) is 52.0 Å². The first-order valence-electron chi connectivity index (χ1n) is 7.55. The first kappa shape index (κ1) is 14.7. The molecule has 0 amide bonds. The lowest BCUT2D eigenvalue weighted by molar-refractivity contribution is 0.106. The van der Waals surface area contributed by atoms with E-state index in [-0.39, 0.29) is 5.54 Å². The maximum absolute atomic E-state index is 4.57. The van der Waals surface area contributed by atoms with Crippen LogP contribution in [-0.4, -0.2) is 29.5 Å². The highest BCUT2D eigenvalue weighted by molar-refractivity contribution is 7.11. The fraction of sp³-hybridized carbons (Fsp3) is 0.471. The largest absolute Gasteiger partial charge is 0.305 e. The number of nitrogens with zero attached hydrogens (tertiary/aromatic N) is 2. The van der Waals surface area contributed by atoms with Crippen molar-refractivity contribution in [1.82, 2.24) is 15.2 Å². The Morgan fingerprint density at radius 2 is 2.10 bits per heavy atom. The summed E-state index contributed by atoms with van der Waals surface area (Å²) in [6.07, 6.45) is 1.98. The molecule has 1 N–H and O–H groups in total. The van der Waals surface area contributed by atoms with Gasteiger partial charge in [0.2, 0.25) is 0 Å². The van der Waals surface area contributed by atoms with Gasteiger partial charge in [0.25, 0.3) is 0 Å². The summed E-state index contributed by atoms with van der Waals surface area (Å²) in [7, 11) is 0.